The summed E-state index contributed by atoms with van der Waals surface area (Å²) in [5.41, 5.74) is 5.38. The Morgan fingerprint density at radius 1 is 0.508 bits per heavy atom. The van der Waals surface area contributed by atoms with E-state index in [9.17, 15) is 14.3 Å². The summed E-state index contributed by atoms with van der Waals surface area (Å²) in [5, 5.41) is 0. The van der Waals surface area contributed by atoms with Crippen molar-refractivity contribution in [2.75, 3.05) is 33.0 Å². The van der Waals surface area contributed by atoms with Gasteiger partial charge in [0.25, 0.3) is 0 Å². The van der Waals surface area contributed by atoms with Crippen LogP contribution in [0, 0.1) is 0 Å². The highest BCUT2D eigenvalue weighted by atomic mass is 31.2. The minimum absolute atomic E-state index is 0.0948. The number of phosphoric acid groups is 1. The molecule has 0 bridgehead atoms. The molecule has 0 amide bonds. The zero-order valence-electron chi connectivity index (χ0n) is 38.2. The van der Waals surface area contributed by atoms with Crippen molar-refractivity contribution in [3.05, 3.63) is 60.8 Å². The standard InChI is InChI=1S/C50H92NO7P/c1-3-5-7-9-11-13-15-17-19-21-23-24-25-26-28-30-32-34-36-38-40-42-45-55-47-49(48-57-59(53,54)56-46-44-51)58-50(52)43-41-39-37-35-33-31-29-27-22-20-18-16-14-12-10-8-6-4-2/h14-17,20-23,25-26,49H,3-13,18-19,24,27-48,51H2,1-2H3,(H,53,54)/b16-14-,17-15-,22-20-,23-21-,26-25-. The summed E-state index contributed by atoms with van der Waals surface area (Å²) in [7, 11) is -4.29. The van der Waals surface area contributed by atoms with Gasteiger partial charge in [-0.2, -0.15) is 0 Å². The maximum atomic E-state index is 12.6. The summed E-state index contributed by atoms with van der Waals surface area (Å²) in [6.07, 6.45) is 58.1. The first kappa shape index (κ1) is 57.2. The largest absolute Gasteiger partial charge is 0.472 e. The van der Waals surface area contributed by atoms with Gasteiger partial charge in [-0.3, -0.25) is 13.8 Å². The van der Waals surface area contributed by atoms with Gasteiger partial charge in [-0.05, 0) is 83.5 Å². The van der Waals surface area contributed by atoms with Crippen molar-refractivity contribution >= 4 is 13.8 Å². The lowest BCUT2D eigenvalue weighted by atomic mass is 10.1. The number of hydrogen-bond donors (Lipinski definition) is 2. The molecule has 59 heavy (non-hydrogen) atoms. The minimum atomic E-state index is -4.29. The molecule has 0 aliphatic heterocycles. The Bertz CT molecular complexity index is 1090. The lowest BCUT2D eigenvalue weighted by molar-refractivity contribution is -0.154. The Labute approximate surface area is 363 Å². The fourth-order valence-corrected chi connectivity index (χ4v) is 7.33. The summed E-state index contributed by atoms with van der Waals surface area (Å²) in [6.45, 7) is 4.87. The highest BCUT2D eigenvalue weighted by molar-refractivity contribution is 7.47. The van der Waals surface area contributed by atoms with Crippen LogP contribution in [0.5, 0.6) is 0 Å². The molecule has 0 rings (SSSR count). The van der Waals surface area contributed by atoms with Crippen molar-refractivity contribution in [2.24, 2.45) is 5.73 Å². The van der Waals surface area contributed by atoms with Crippen LogP contribution in [-0.2, 0) is 27.9 Å². The number of nitrogens with two attached hydrogens (primary N) is 1. The molecule has 3 N–H and O–H groups in total. The number of hydrogen-bond acceptors (Lipinski definition) is 7. The Balaban J connectivity index is 4.02. The first-order valence-corrected chi connectivity index (χ1v) is 25.8. The smallest absolute Gasteiger partial charge is 0.457 e. The van der Waals surface area contributed by atoms with Gasteiger partial charge < -0.3 is 20.1 Å². The normalized spacial score (nSPS) is 13.9. The van der Waals surface area contributed by atoms with E-state index in [1.165, 1.54) is 128 Å². The zero-order valence-corrected chi connectivity index (χ0v) is 39.1. The maximum Gasteiger partial charge on any atom is 0.472 e. The minimum Gasteiger partial charge on any atom is -0.457 e. The number of ether oxygens (including phenoxy) is 2. The Kier molecular flexibility index (Phi) is 45.8. The van der Waals surface area contributed by atoms with Gasteiger partial charge in [0.15, 0.2) is 0 Å². The number of rotatable bonds is 46. The molecule has 0 spiro atoms. The maximum absolute atomic E-state index is 12.6. The Morgan fingerprint density at radius 3 is 1.36 bits per heavy atom. The van der Waals surface area contributed by atoms with Crippen molar-refractivity contribution in [2.45, 2.75) is 219 Å². The van der Waals surface area contributed by atoms with Crippen LogP contribution >= 0.6 is 7.82 Å². The highest BCUT2D eigenvalue weighted by Gasteiger charge is 2.25. The Hall–Kier alpha value is -1.80. The average molecular weight is 850 g/mol. The monoisotopic (exact) mass is 850 g/mol. The lowest BCUT2D eigenvalue weighted by Crippen LogP contribution is -2.28. The number of carbonyl (C=O) groups excluding carboxylic acids is 1. The molecule has 8 nitrogen and oxygen atoms in total. The van der Waals surface area contributed by atoms with Crippen molar-refractivity contribution < 1.29 is 32.8 Å². The van der Waals surface area contributed by atoms with Crippen LogP contribution in [0.15, 0.2) is 60.8 Å². The van der Waals surface area contributed by atoms with Crippen LogP contribution in [0.4, 0.5) is 0 Å². The number of carbonyl (C=O) groups is 1. The van der Waals surface area contributed by atoms with Gasteiger partial charge in [-0.25, -0.2) is 4.57 Å². The predicted molar refractivity (Wildman–Crippen MR) is 252 cm³/mol. The number of allylic oxidation sites excluding steroid dienone is 10. The zero-order chi connectivity index (χ0) is 43.0. The molecular formula is C50H92NO7P. The van der Waals surface area contributed by atoms with E-state index in [-0.39, 0.29) is 32.3 Å². The SMILES string of the molecule is CCCCCC/C=C\C/C=C\CCCCCCCCCC(=O)OC(COCCCCCCCCC/C=C\C/C=C\C/C=C\CCCCCCC)COP(=O)(O)OCCN. The molecule has 2 atom stereocenters. The quantitative estimate of drug-likeness (QED) is 0.0269. The molecule has 0 saturated carbocycles. The second-order valence-electron chi connectivity index (χ2n) is 16.0. The molecule has 2 unspecified atom stereocenters. The van der Waals surface area contributed by atoms with Crippen molar-refractivity contribution in [3.8, 4) is 0 Å². The Morgan fingerprint density at radius 2 is 0.898 bits per heavy atom. The van der Waals surface area contributed by atoms with E-state index in [1.54, 1.807) is 0 Å². The van der Waals surface area contributed by atoms with Gasteiger partial charge in [-0.15, -0.1) is 0 Å². The van der Waals surface area contributed by atoms with Crippen molar-refractivity contribution in [1.29, 1.82) is 0 Å². The highest BCUT2D eigenvalue weighted by Crippen LogP contribution is 2.43. The molecule has 0 aromatic carbocycles. The molecule has 344 valence electrons. The first-order valence-electron chi connectivity index (χ1n) is 24.3. The van der Waals surface area contributed by atoms with E-state index in [4.69, 9.17) is 24.3 Å². The summed E-state index contributed by atoms with van der Waals surface area (Å²) in [5.74, 6) is -0.342. The molecule has 0 radical (unpaired) electrons. The van der Waals surface area contributed by atoms with Crippen molar-refractivity contribution in [3.63, 3.8) is 0 Å². The fraction of sp³-hybridized carbons (Fsp3) is 0.780. The van der Waals surface area contributed by atoms with E-state index in [1.807, 2.05) is 0 Å². The van der Waals surface area contributed by atoms with Gasteiger partial charge >= 0.3 is 13.8 Å². The molecule has 9 heteroatoms. The van der Waals surface area contributed by atoms with E-state index in [0.29, 0.717) is 13.0 Å². The summed E-state index contributed by atoms with van der Waals surface area (Å²) >= 11 is 0. The second kappa shape index (κ2) is 47.3. The molecule has 0 aliphatic rings. The predicted octanol–water partition coefficient (Wildman–Crippen LogP) is 14.9. The summed E-state index contributed by atoms with van der Waals surface area (Å²) in [4.78, 5) is 22.6. The molecule has 0 fully saturated rings. The number of unbranched alkanes of at least 4 members (excludes halogenated alkanes) is 23. The molecule has 0 aliphatic carbocycles. The fourth-order valence-electron chi connectivity index (χ4n) is 6.56. The third-order valence-electron chi connectivity index (χ3n) is 10.2. The molecule has 0 aromatic heterocycles. The van der Waals surface area contributed by atoms with Crippen LogP contribution < -0.4 is 5.73 Å². The molecule has 0 heterocycles. The molecule has 0 saturated heterocycles. The first-order chi connectivity index (χ1) is 28.9. The molecule has 0 aromatic rings. The van der Waals surface area contributed by atoms with Gasteiger partial charge in [-0.1, -0.05) is 184 Å². The summed E-state index contributed by atoms with van der Waals surface area (Å²) in [6, 6.07) is 0. The van der Waals surface area contributed by atoms with Gasteiger partial charge in [0.05, 0.1) is 19.8 Å². The van der Waals surface area contributed by atoms with Gasteiger partial charge in [0, 0.05) is 19.6 Å². The summed E-state index contributed by atoms with van der Waals surface area (Å²) < 4.78 is 33.5. The van der Waals surface area contributed by atoms with E-state index in [2.05, 4.69) is 74.6 Å². The van der Waals surface area contributed by atoms with Gasteiger partial charge in [0.2, 0.25) is 0 Å². The van der Waals surface area contributed by atoms with Crippen LogP contribution in [0.3, 0.4) is 0 Å². The third kappa shape index (κ3) is 47.1. The van der Waals surface area contributed by atoms with E-state index >= 15 is 0 Å². The van der Waals surface area contributed by atoms with E-state index < -0.39 is 13.9 Å². The van der Waals surface area contributed by atoms with Crippen LogP contribution in [0.2, 0.25) is 0 Å². The second-order valence-corrected chi connectivity index (χ2v) is 17.4. The van der Waals surface area contributed by atoms with Crippen LogP contribution in [0.1, 0.15) is 213 Å². The van der Waals surface area contributed by atoms with Crippen LogP contribution in [-0.4, -0.2) is 49.9 Å². The van der Waals surface area contributed by atoms with Gasteiger partial charge in [0.1, 0.15) is 6.10 Å². The number of phosphoric ester groups is 1. The third-order valence-corrected chi connectivity index (χ3v) is 11.1. The number of esters is 1. The topological polar surface area (TPSA) is 117 Å². The molecular weight excluding hydrogens is 758 g/mol. The van der Waals surface area contributed by atoms with Crippen LogP contribution in [0.25, 0.3) is 0 Å². The average Bonchev–Trinajstić information content (AvgIpc) is 3.23. The lowest BCUT2D eigenvalue weighted by Gasteiger charge is -2.20. The van der Waals surface area contributed by atoms with E-state index in [0.717, 1.165) is 64.2 Å². The van der Waals surface area contributed by atoms with Crippen molar-refractivity contribution in [1.82, 2.24) is 0 Å².